The molecule has 3 nitrogen and oxygen atoms in total. The maximum absolute atomic E-state index is 13.2. The Bertz CT molecular complexity index is 595. The van der Waals surface area contributed by atoms with Gasteiger partial charge in [-0.3, -0.25) is 4.68 Å². The summed E-state index contributed by atoms with van der Waals surface area (Å²) in [6.45, 7) is 3.01. The van der Waals surface area contributed by atoms with E-state index in [4.69, 9.17) is 11.6 Å². The molecular weight excluding hydrogens is 357 g/mol. The van der Waals surface area contributed by atoms with Crippen molar-refractivity contribution in [3.8, 4) is 0 Å². The van der Waals surface area contributed by atoms with E-state index in [1.807, 2.05) is 11.7 Å². The molecule has 0 aliphatic carbocycles. The number of halogens is 3. The molecular formula is C15H18BrClFN3. The first-order valence-electron chi connectivity index (χ1n) is 6.87. The lowest BCUT2D eigenvalue weighted by atomic mass is 10.0. The minimum atomic E-state index is -0.316. The molecule has 1 aromatic heterocycles. The van der Waals surface area contributed by atoms with Crippen LogP contribution in [0.3, 0.4) is 0 Å². The molecule has 1 aromatic carbocycles. The molecule has 0 aliphatic rings. The smallest absolute Gasteiger partial charge is 0.124 e. The molecule has 1 atom stereocenters. The summed E-state index contributed by atoms with van der Waals surface area (Å²) < 4.78 is 16.0. The van der Waals surface area contributed by atoms with E-state index in [1.165, 1.54) is 12.1 Å². The van der Waals surface area contributed by atoms with Gasteiger partial charge in [-0.1, -0.05) is 24.6 Å². The van der Waals surface area contributed by atoms with Crippen molar-refractivity contribution < 1.29 is 4.39 Å². The minimum Gasteiger partial charge on any atom is -0.308 e. The summed E-state index contributed by atoms with van der Waals surface area (Å²) in [5, 5.41) is 8.22. The average Bonchev–Trinajstić information content (AvgIpc) is 2.77. The molecule has 1 heterocycles. The Labute approximate surface area is 137 Å². The first-order chi connectivity index (χ1) is 10.0. The zero-order valence-electron chi connectivity index (χ0n) is 12.0. The van der Waals surface area contributed by atoms with Crippen LogP contribution in [0.4, 0.5) is 4.39 Å². The topological polar surface area (TPSA) is 29.9 Å². The van der Waals surface area contributed by atoms with E-state index >= 15 is 0 Å². The number of nitrogens with zero attached hydrogens (tertiary/aromatic N) is 2. The molecule has 1 N–H and O–H groups in total. The molecule has 0 saturated carbocycles. The van der Waals surface area contributed by atoms with Crippen molar-refractivity contribution in [2.45, 2.75) is 25.8 Å². The third kappa shape index (κ3) is 4.05. The van der Waals surface area contributed by atoms with E-state index in [1.54, 1.807) is 12.3 Å². The summed E-state index contributed by atoms with van der Waals surface area (Å²) in [5.41, 5.74) is 1.98. The fraction of sp³-hybridized carbons (Fsp3) is 0.400. The average molecular weight is 375 g/mol. The maximum Gasteiger partial charge on any atom is 0.124 e. The Morgan fingerprint density at radius 1 is 1.48 bits per heavy atom. The predicted molar refractivity (Wildman–Crippen MR) is 87.1 cm³/mol. The summed E-state index contributed by atoms with van der Waals surface area (Å²) in [4.78, 5) is 0. The molecule has 1 unspecified atom stereocenters. The molecule has 0 spiro atoms. The van der Waals surface area contributed by atoms with Crippen LogP contribution >= 0.6 is 27.5 Å². The van der Waals surface area contributed by atoms with Crippen LogP contribution in [0.1, 0.15) is 30.6 Å². The van der Waals surface area contributed by atoms with Gasteiger partial charge in [-0.05, 0) is 53.0 Å². The molecule has 114 valence electrons. The lowest BCUT2D eigenvalue weighted by Crippen LogP contribution is -2.26. The normalized spacial score (nSPS) is 12.6. The lowest BCUT2D eigenvalue weighted by molar-refractivity contribution is 0.491. The van der Waals surface area contributed by atoms with E-state index in [2.05, 4.69) is 33.3 Å². The quantitative estimate of drug-likeness (QED) is 0.819. The largest absolute Gasteiger partial charge is 0.308 e. The van der Waals surface area contributed by atoms with Gasteiger partial charge in [0.15, 0.2) is 0 Å². The van der Waals surface area contributed by atoms with Crippen molar-refractivity contribution in [3.05, 3.63) is 51.0 Å². The van der Waals surface area contributed by atoms with Gasteiger partial charge in [-0.2, -0.15) is 5.10 Å². The number of nitrogens with one attached hydrogen (secondary N) is 1. The van der Waals surface area contributed by atoms with Crippen LogP contribution < -0.4 is 5.32 Å². The summed E-state index contributed by atoms with van der Waals surface area (Å²) >= 11 is 9.68. The van der Waals surface area contributed by atoms with Crippen molar-refractivity contribution in [2.75, 3.05) is 6.54 Å². The van der Waals surface area contributed by atoms with Gasteiger partial charge >= 0.3 is 0 Å². The fourth-order valence-corrected chi connectivity index (χ4v) is 3.17. The van der Waals surface area contributed by atoms with E-state index in [0.717, 1.165) is 28.7 Å². The highest BCUT2D eigenvalue weighted by Crippen LogP contribution is 2.28. The van der Waals surface area contributed by atoms with Gasteiger partial charge in [0.05, 0.1) is 22.4 Å². The molecule has 2 rings (SSSR count). The van der Waals surface area contributed by atoms with Gasteiger partial charge in [0, 0.05) is 12.1 Å². The Kier molecular flexibility index (Phi) is 5.79. The van der Waals surface area contributed by atoms with E-state index < -0.39 is 0 Å². The van der Waals surface area contributed by atoms with Crippen molar-refractivity contribution >= 4 is 27.5 Å². The maximum atomic E-state index is 13.2. The van der Waals surface area contributed by atoms with Gasteiger partial charge in [-0.25, -0.2) is 4.39 Å². The number of aromatic nitrogens is 2. The van der Waals surface area contributed by atoms with Crippen LogP contribution in [0, 0.1) is 5.82 Å². The molecule has 0 amide bonds. The first kappa shape index (κ1) is 16.5. The Morgan fingerprint density at radius 3 is 2.81 bits per heavy atom. The van der Waals surface area contributed by atoms with Crippen molar-refractivity contribution in [1.82, 2.24) is 15.1 Å². The van der Waals surface area contributed by atoms with Gasteiger partial charge in [0.1, 0.15) is 5.82 Å². The van der Waals surface area contributed by atoms with Gasteiger partial charge < -0.3 is 5.32 Å². The molecule has 0 radical (unpaired) electrons. The summed E-state index contributed by atoms with van der Waals surface area (Å²) in [7, 11) is 1.91. The molecule has 0 fully saturated rings. The Balaban J connectivity index is 2.28. The zero-order valence-corrected chi connectivity index (χ0v) is 14.4. The molecule has 2 aromatic rings. The summed E-state index contributed by atoms with van der Waals surface area (Å²) in [6.07, 6.45) is 3.49. The van der Waals surface area contributed by atoms with Gasteiger partial charge in [-0.15, -0.1) is 0 Å². The number of hydrogen-bond donors (Lipinski definition) is 1. The molecule has 0 bridgehead atoms. The lowest BCUT2D eigenvalue weighted by Gasteiger charge is -2.20. The van der Waals surface area contributed by atoms with Crippen molar-refractivity contribution in [1.29, 1.82) is 0 Å². The number of rotatable bonds is 6. The highest BCUT2D eigenvalue weighted by molar-refractivity contribution is 9.10. The summed E-state index contributed by atoms with van der Waals surface area (Å²) in [6, 6.07) is 4.60. The van der Waals surface area contributed by atoms with Crippen molar-refractivity contribution in [3.63, 3.8) is 0 Å². The van der Waals surface area contributed by atoms with Crippen LogP contribution in [0.5, 0.6) is 0 Å². The van der Waals surface area contributed by atoms with Crippen LogP contribution in [-0.2, 0) is 13.5 Å². The standard InChI is InChI=1S/C15H18BrClFN3/c1-3-6-19-14(15-12(16)9-20-21(15)2)7-10-4-5-11(18)8-13(10)17/h4-5,8-9,14,19H,3,6-7H2,1-2H3. The minimum absolute atomic E-state index is 0.0646. The number of hydrogen-bond acceptors (Lipinski definition) is 2. The SMILES string of the molecule is CCCNC(Cc1ccc(F)cc1Cl)c1c(Br)cnn1C. The first-order valence-corrected chi connectivity index (χ1v) is 8.04. The highest BCUT2D eigenvalue weighted by Gasteiger charge is 2.20. The molecule has 0 aliphatic heterocycles. The van der Waals surface area contributed by atoms with Gasteiger partial charge in [0.2, 0.25) is 0 Å². The third-order valence-electron chi connectivity index (χ3n) is 3.35. The molecule has 0 saturated heterocycles. The second-order valence-corrected chi connectivity index (χ2v) is 6.21. The monoisotopic (exact) mass is 373 g/mol. The Morgan fingerprint density at radius 2 is 2.24 bits per heavy atom. The second-order valence-electron chi connectivity index (χ2n) is 4.95. The third-order valence-corrected chi connectivity index (χ3v) is 4.31. The van der Waals surface area contributed by atoms with E-state index in [0.29, 0.717) is 11.4 Å². The number of benzene rings is 1. The fourth-order valence-electron chi connectivity index (χ4n) is 2.30. The van der Waals surface area contributed by atoms with Crippen LogP contribution in [0.25, 0.3) is 0 Å². The van der Waals surface area contributed by atoms with Crippen LogP contribution in [0.2, 0.25) is 5.02 Å². The Hall–Kier alpha value is -0.910. The highest BCUT2D eigenvalue weighted by atomic mass is 79.9. The van der Waals surface area contributed by atoms with Crippen LogP contribution in [0.15, 0.2) is 28.9 Å². The van der Waals surface area contributed by atoms with E-state index in [-0.39, 0.29) is 11.9 Å². The molecule has 21 heavy (non-hydrogen) atoms. The van der Waals surface area contributed by atoms with E-state index in [9.17, 15) is 4.39 Å². The zero-order chi connectivity index (χ0) is 15.4. The molecule has 6 heteroatoms. The number of aryl methyl sites for hydroxylation is 1. The van der Waals surface area contributed by atoms with Crippen LogP contribution in [-0.4, -0.2) is 16.3 Å². The second kappa shape index (κ2) is 7.38. The van der Waals surface area contributed by atoms with Crippen molar-refractivity contribution in [2.24, 2.45) is 7.05 Å². The predicted octanol–water partition coefficient (Wildman–Crippen LogP) is 4.26. The summed E-state index contributed by atoms with van der Waals surface area (Å²) in [5.74, 6) is -0.316. The van der Waals surface area contributed by atoms with Gasteiger partial charge in [0.25, 0.3) is 0 Å².